The van der Waals surface area contributed by atoms with Crippen LogP contribution in [0, 0.1) is 0 Å². The molecule has 0 spiro atoms. The third kappa shape index (κ3) is 5.46. The van der Waals surface area contributed by atoms with Gasteiger partial charge in [0.05, 0.1) is 0 Å². The molecule has 176 valence electrons. The first kappa shape index (κ1) is 22.1. The van der Waals surface area contributed by atoms with Gasteiger partial charge in [0, 0.05) is 63.1 Å². The third-order valence-corrected chi connectivity index (χ3v) is 7.41. The van der Waals surface area contributed by atoms with Gasteiger partial charge >= 0.3 is 0 Å². The summed E-state index contributed by atoms with van der Waals surface area (Å²) in [5.41, 5.74) is 0.795. The molecule has 7 nitrogen and oxygen atoms in total. The normalized spacial score (nSPS) is 22.8. The molecule has 4 heterocycles. The second-order valence-electron chi connectivity index (χ2n) is 9.65. The molecule has 2 aromatic rings. The molecule has 3 fully saturated rings. The first-order chi connectivity index (χ1) is 16.3. The van der Waals surface area contributed by atoms with Crippen LogP contribution in [0.5, 0.6) is 0 Å². The van der Waals surface area contributed by atoms with Gasteiger partial charge in [0.2, 0.25) is 5.95 Å². The number of carbonyl (C=O) groups is 1. The largest absolute Gasteiger partial charge is 0.356 e. The minimum atomic E-state index is 0.163. The maximum absolute atomic E-state index is 12.7. The van der Waals surface area contributed by atoms with Crippen LogP contribution < -0.4 is 10.2 Å². The molecule has 7 heteroatoms. The number of carbonyl (C=O) groups excluding carboxylic acids is 1. The number of piperidine rings is 1. The molecule has 5 rings (SSSR count). The number of amides is 1. The highest BCUT2D eigenvalue weighted by Crippen LogP contribution is 2.24. The van der Waals surface area contributed by atoms with Crippen molar-refractivity contribution in [3.63, 3.8) is 0 Å². The summed E-state index contributed by atoms with van der Waals surface area (Å²) in [5.74, 6) is 1.98. The van der Waals surface area contributed by atoms with Crippen molar-refractivity contribution in [3.05, 3.63) is 48.2 Å². The van der Waals surface area contributed by atoms with E-state index in [0.29, 0.717) is 12.1 Å². The minimum absolute atomic E-state index is 0.163. The highest BCUT2D eigenvalue weighted by atomic mass is 16.2. The fourth-order valence-electron chi connectivity index (χ4n) is 5.51. The maximum atomic E-state index is 12.7. The Morgan fingerprint density at radius 3 is 2.39 bits per heavy atom. The number of nitrogens with one attached hydrogen (secondary N) is 1. The number of nitrogens with zero attached hydrogens (tertiary/aromatic N) is 5. The van der Waals surface area contributed by atoms with E-state index in [1.807, 2.05) is 47.5 Å². The lowest BCUT2D eigenvalue weighted by Gasteiger charge is -2.36. The lowest BCUT2D eigenvalue weighted by atomic mass is 10.0. The van der Waals surface area contributed by atoms with Gasteiger partial charge in [0.1, 0.15) is 5.82 Å². The molecule has 1 aromatic carbocycles. The molecule has 0 radical (unpaired) electrons. The zero-order valence-electron chi connectivity index (χ0n) is 19.5. The predicted octanol–water partition coefficient (Wildman–Crippen LogP) is 3.65. The second kappa shape index (κ2) is 10.5. The molecule has 1 amide bonds. The highest BCUT2D eigenvalue weighted by molar-refractivity contribution is 5.94. The van der Waals surface area contributed by atoms with Gasteiger partial charge in [-0.05, 0) is 50.3 Å². The number of hydrogen-bond acceptors (Lipinski definition) is 6. The predicted molar refractivity (Wildman–Crippen MR) is 132 cm³/mol. The molecule has 3 aliphatic heterocycles. The van der Waals surface area contributed by atoms with E-state index in [1.54, 1.807) is 0 Å². The Morgan fingerprint density at radius 1 is 0.879 bits per heavy atom. The Kier molecular flexibility index (Phi) is 7.05. The van der Waals surface area contributed by atoms with Crippen molar-refractivity contribution in [2.45, 2.75) is 57.0 Å². The van der Waals surface area contributed by atoms with Crippen LogP contribution in [-0.4, -0.2) is 77.0 Å². The molecule has 0 bridgehead atoms. The third-order valence-electron chi connectivity index (χ3n) is 7.41. The van der Waals surface area contributed by atoms with Crippen molar-refractivity contribution in [3.8, 4) is 0 Å². The number of anilines is 2. The van der Waals surface area contributed by atoms with Crippen LogP contribution in [0.4, 0.5) is 11.8 Å². The van der Waals surface area contributed by atoms with E-state index in [4.69, 9.17) is 4.98 Å². The Morgan fingerprint density at radius 2 is 1.64 bits per heavy atom. The number of likely N-dealkylation sites (tertiary alicyclic amines) is 2. The summed E-state index contributed by atoms with van der Waals surface area (Å²) >= 11 is 0. The fraction of sp³-hybridized carbons (Fsp3) is 0.577. The Hall–Kier alpha value is -2.67. The van der Waals surface area contributed by atoms with Gasteiger partial charge in [0.15, 0.2) is 0 Å². The first-order valence-corrected chi connectivity index (χ1v) is 12.7. The maximum Gasteiger partial charge on any atom is 0.253 e. The van der Waals surface area contributed by atoms with Crippen LogP contribution in [0.3, 0.4) is 0 Å². The molecule has 1 atom stereocenters. The van der Waals surface area contributed by atoms with E-state index in [2.05, 4.69) is 20.1 Å². The summed E-state index contributed by atoms with van der Waals surface area (Å²) in [6.07, 6.45) is 10.2. The Balaban J connectivity index is 1.11. The second-order valence-corrected chi connectivity index (χ2v) is 9.65. The molecular formula is C26H36N6O. The zero-order valence-corrected chi connectivity index (χ0v) is 19.5. The SMILES string of the molecule is O=C(c1ccccc1)N1CCC(N2CCC(Nc3nccc(N4CCCCCC4)n3)C2)CC1. The van der Waals surface area contributed by atoms with Crippen molar-refractivity contribution in [1.29, 1.82) is 0 Å². The summed E-state index contributed by atoms with van der Waals surface area (Å²) in [7, 11) is 0. The molecule has 33 heavy (non-hydrogen) atoms. The number of rotatable bonds is 5. The van der Waals surface area contributed by atoms with Gasteiger partial charge in [-0.3, -0.25) is 9.69 Å². The van der Waals surface area contributed by atoms with Crippen LogP contribution in [0.15, 0.2) is 42.6 Å². The van der Waals surface area contributed by atoms with Crippen molar-refractivity contribution < 1.29 is 4.79 Å². The summed E-state index contributed by atoms with van der Waals surface area (Å²) in [5, 5.41) is 3.60. The summed E-state index contributed by atoms with van der Waals surface area (Å²) < 4.78 is 0. The van der Waals surface area contributed by atoms with Crippen LogP contribution in [0.25, 0.3) is 0 Å². The first-order valence-electron chi connectivity index (χ1n) is 12.7. The van der Waals surface area contributed by atoms with Gasteiger partial charge in [-0.1, -0.05) is 31.0 Å². The summed E-state index contributed by atoms with van der Waals surface area (Å²) in [6.45, 7) is 6.00. The van der Waals surface area contributed by atoms with E-state index < -0.39 is 0 Å². The number of benzene rings is 1. The highest BCUT2D eigenvalue weighted by Gasteiger charge is 2.32. The molecule has 1 unspecified atom stereocenters. The van der Waals surface area contributed by atoms with Gasteiger partial charge in [0.25, 0.3) is 5.91 Å². The average molecular weight is 449 g/mol. The van der Waals surface area contributed by atoms with Gasteiger partial charge in [-0.15, -0.1) is 0 Å². The lowest BCUT2D eigenvalue weighted by molar-refractivity contribution is 0.0643. The molecule has 0 saturated carbocycles. The van der Waals surface area contributed by atoms with Gasteiger partial charge in [-0.25, -0.2) is 4.98 Å². The monoisotopic (exact) mass is 448 g/mol. The van der Waals surface area contributed by atoms with E-state index in [9.17, 15) is 4.79 Å². The minimum Gasteiger partial charge on any atom is -0.356 e. The fourth-order valence-corrected chi connectivity index (χ4v) is 5.51. The van der Waals surface area contributed by atoms with E-state index in [0.717, 1.165) is 75.9 Å². The van der Waals surface area contributed by atoms with Crippen LogP contribution in [0.2, 0.25) is 0 Å². The summed E-state index contributed by atoms with van der Waals surface area (Å²) in [6, 6.07) is 12.6. The van der Waals surface area contributed by atoms with Crippen molar-refractivity contribution in [1.82, 2.24) is 19.8 Å². The zero-order chi connectivity index (χ0) is 22.5. The van der Waals surface area contributed by atoms with E-state index in [1.165, 1.54) is 25.7 Å². The van der Waals surface area contributed by atoms with Gasteiger partial charge < -0.3 is 15.1 Å². The molecule has 1 N–H and O–H groups in total. The van der Waals surface area contributed by atoms with Crippen LogP contribution >= 0.6 is 0 Å². The van der Waals surface area contributed by atoms with Crippen molar-refractivity contribution in [2.75, 3.05) is 49.5 Å². The number of hydrogen-bond donors (Lipinski definition) is 1. The Bertz CT molecular complexity index is 906. The molecule has 3 saturated heterocycles. The average Bonchev–Trinajstić information content (AvgIpc) is 3.16. The van der Waals surface area contributed by atoms with Crippen molar-refractivity contribution in [2.24, 2.45) is 0 Å². The lowest BCUT2D eigenvalue weighted by Crippen LogP contribution is -2.46. The number of aromatic nitrogens is 2. The van der Waals surface area contributed by atoms with Crippen LogP contribution in [0.1, 0.15) is 55.3 Å². The quantitative estimate of drug-likeness (QED) is 0.753. The smallest absolute Gasteiger partial charge is 0.253 e. The van der Waals surface area contributed by atoms with E-state index >= 15 is 0 Å². The van der Waals surface area contributed by atoms with E-state index in [-0.39, 0.29) is 5.91 Å². The standard InChI is InChI=1S/C26H36N6O/c33-25(21-8-4-3-5-9-21)31-18-12-23(13-19-31)32-17-11-22(20-32)28-26-27-14-10-24(29-26)30-15-6-1-2-7-16-30/h3-5,8-10,14,22-23H,1-2,6-7,11-13,15-20H2,(H,27,28,29). The van der Waals surface area contributed by atoms with Gasteiger partial charge in [-0.2, -0.15) is 4.98 Å². The Labute approximate surface area is 197 Å². The topological polar surface area (TPSA) is 64.6 Å². The molecule has 3 aliphatic rings. The summed E-state index contributed by atoms with van der Waals surface area (Å²) in [4.78, 5) is 29.1. The van der Waals surface area contributed by atoms with Crippen LogP contribution in [-0.2, 0) is 0 Å². The molecular weight excluding hydrogens is 412 g/mol. The molecule has 0 aliphatic carbocycles. The molecule has 1 aromatic heterocycles. The van der Waals surface area contributed by atoms with Crippen molar-refractivity contribution >= 4 is 17.7 Å².